The van der Waals surface area contributed by atoms with E-state index in [0.29, 0.717) is 6.04 Å². The molecule has 0 aliphatic rings. The maximum atomic E-state index is 4.37. The monoisotopic (exact) mass is 240 g/mol. The molecule has 0 saturated carbocycles. The minimum atomic E-state index is 0.646. The Morgan fingerprint density at radius 1 is 1.44 bits per heavy atom. The molecule has 0 saturated heterocycles. The number of aryl methyl sites for hydroxylation is 1. The van der Waals surface area contributed by atoms with Crippen molar-refractivity contribution >= 4 is 11.3 Å². The van der Waals surface area contributed by atoms with E-state index >= 15 is 0 Å². The van der Waals surface area contributed by atoms with Gasteiger partial charge < -0.3 is 5.32 Å². The van der Waals surface area contributed by atoms with E-state index in [4.69, 9.17) is 0 Å². The first-order chi connectivity index (χ1) is 7.72. The molecule has 0 amide bonds. The molecular weight excluding hydrogens is 216 g/mol. The molecule has 0 aliphatic carbocycles. The zero-order chi connectivity index (χ0) is 11.8. The van der Waals surface area contributed by atoms with Gasteiger partial charge in [-0.3, -0.25) is 0 Å². The van der Waals surface area contributed by atoms with Gasteiger partial charge in [0.05, 0.1) is 5.01 Å². The summed E-state index contributed by atoms with van der Waals surface area (Å²) in [5.41, 5.74) is 0. The minimum Gasteiger partial charge on any atom is -0.314 e. The molecule has 92 valence electrons. The maximum absolute atomic E-state index is 4.37. The summed E-state index contributed by atoms with van der Waals surface area (Å²) in [6.07, 6.45) is 8.34. The lowest BCUT2D eigenvalue weighted by molar-refractivity contribution is 0.490. The molecular formula is C13H24N2S. The number of nitrogens with zero attached hydrogens (tertiary/aromatic N) is 1. The van der Waals surface area contributed by atoms with Crippen molar-refractivity contribution in [2.75, 3.05) is 6.54 Å². The summed E-state index contributed by atoms with van der Waals surface area (Å²) in [4.78, 5) is 5.68. The van der Waals surface area contributed by atoms with Crippen molar-refractivity contribution in [1.82, 2.24) is 10.3 Å². The Balaban J connectivity index is 2.06. The molecule has 1 heterocycles. The van der Waals surface area contributed by atoms with Crippen molar-refractivity contribution in [1.29, 1.82) is 0 Å². The number of hydrogen-bond donors (Lipinski definition) is 1. The number of unbranched alkanes of at least 4 members (excludes halogenated alkanes) is 2. The van der Waals surface area contributed by atoms with Crippen LogP contribution in [0, 0.1) is 6.92 Å². The highest BCUT2D eigenvalue weighted by Crippen LogP contribution is 2.11. The number of hydrogen-bond acceptors (Lipinski definition) is 3. The Morgan fingerprint density at radius 3 is 2.88 bits per heavy atom. The smallest absolute Gasteiger partial charge is 0.0940 e. The van der Waals surface area contributed by atoms with Crippen molar-refractivity contribution in [2.45, 2.75) is 58.9 Å². The normalized spacial score (nSPS) is 12.9. The van der Waals surface area contributed by atoms with Crippen LogP contribution >= 0.6 is 11.3 Å². The van der Waals surface area contributed by atoms with Crippen LogP contribution in [0.15, 0.2) is 6.20 Å². The lowest BCUT2D eigenvalue weighted by atomic mass is 10.1. The van der Waals surface area contributed by atoms with Crippen LogP contribution in [0.25, 0.3) is 0 Å². The highest BCUT2D eigenvalue weighted by Gasteiger charge is 2.02. The molecule has 0 fully saturated rings. The molecule has 0 aromatic carbocycles. The van der Waals surface area contributed by atoms with Gasteiger partial charge in [-0.1, -0.05) is 26.2 Å². The van der Waals surface area contributed by atoms with Crippen LogP contribution in [0.1, 0.15) is 49.4 Å². The molecule has 1 atom stereocenters. The standard InChI is InChI=1S/C13H24N2S/c1-4-5-6-7-11(2)14-9-8-13-15-10-12(3)16-13/h10-11,14H,4-9H2,1-3H3. The predicted octanol–water partition coefficient (Wildman–Crippen LogP) is 3.55. The van der Waals surface area contributed by atoms with Gasteiger partial charge in [-0.05, 0) is 20.3 Å². The molecule has 1 N–H and O–H groups in total. The van der Waals surface area contributed by atoms with Crippen LogP contribution in [0.5, 0.6) is 0 Å². The molecule has 2 nitrogen and oxygen atoms in total. The van der Waals surface area contributed by atoms with Crippen molar-refractivity contribution in [3.63, 3.8) is 0 Å². The van der Waals surface area contributed by atoms with E-state index in [9.17, 15) is 0 Å². The lowest BCUT2D eigenvalue weighted by Gasteiger charge is -2.12. The Kier molecular flexibility index (Phi) is 6.65. The van der Waals surface area contributed by atoms with E-state index in [1.165, 1.54) is 35.6 Å². The molecule has 16 heavy (non-hydrogen) atoms. The number of nitrogens with one attached hydrogen (secondary N) is 1. The second kappa shape index (κ2) is 7.80. The highest BCUT2D eigenvalue weighted by molar-refractivity contribution is 7.11. The van der Waals surface area contributed by atoms with E-state index in [2.05, 4.69) is 31.1 Å². The van der Waals surface area contributed by atoms with Crippen LogP contribution in [0.4, 0.5) is 0 Å². The molecule has 0 spiro atoms. The maximum Gasteiger partial charge on any atom is 0.0940 e. The van der Waals surface area contributed by atoms with Gasteiger partial charge in [-0.25, -0.2) is 4.98 Å². The largest absolute Gasteiger partial charge is 0.314 e. The third kappa shape index (κ3) is 5.61. The fraction of sp³-hybridized carbons (Fsp3) is 0.769. The zero-order valence-corrected chi connectivity index (χ0v) is 11.6. The fourth-order valence-corrected chi connectivity index (χ4v) is 2.53. The second-order valence-electron chi connectivity index (χ2n) is 4.47. The Bertz CT molecular complexity index is 283. The molecule has 0 bridgehead atoms. The zero-order valence-electron chi connectivity index (χ0n) is 10.8. The Hall–Kier alpha value is -0.410. The second-order valence-corrected chi connectivity index (χ2v) is 5.78. The average Bonchev–Trinajstić information content (AvgIpc) is 2.65. The lowest BCUT2D eigenvalue weighted by Crippen LogP contribution is -2.27. The first kappa shape index (κ1) is 13.7. The summed E-state index contributed by atoms with van der Waals surface area (Å²) >= 11 is 1.81. The molecule has 1 aromatic rings. The first-order valence-corrected chi connectivity index (χ1v) is 7.18. The number of rotatable bonds is 8. The van der Waals surface area contributed by atoms with E-state index in [-0.39, 0.29) is 0 Å². The van der Waals surface area contributed by atoms with Gasteiger partial charge in [-0.2, -0.15) is 0 Å². The quantitative estimate of drug-likeness (QED) is 0.703. The summed E-state index contributed by atoms with van der Waals surface area (Å²) in [7, 11) is 0. The van der Waals surface area contributed by atoms with Crippen molar-refractivity contribution < 1.29 is 0 Å². The summed E-state index contributed by atoms with van der Waals surface area (Å²) in [5, 5.41) is 4.82. The van der Waals surface area contributed by atoms with Crippen LogP contribution < -0.4 is 5.32 Å². The van der Waals surface area contributed by atoms with Gasteiger partial charge >= 0.3 is 0 Å². The fourth-order valence-electron chi connectivity index (χ4n) is 1.75. The van der Waals surface area contributed by atoms with Gasteiger partial charge in [0, 0.05) is 30.1 Å². The molecule has 0 radical (unpaired) electrons. The minimum absolute atomic E-state index is 0.646. The van der Waals surface area contributed by atoms with Crippen molar-refractivity contribution in [3.8, 4) is 0 Å². The average molecular weight is 240 g/mol. The van der Waals surface area contributed by atoms with Gasteiger partial charge in [-0.15, -0.1) is 11.3 Å². The van der Waals surface area contributed by atoms with Crippen LogP contribution in [0.2, 0.25) is 0 Å². The summed E-state index contributed by atoms with van der Waals surface area (Å²) < 4.78 is 0. The van der Waals surface area contributed by atoms with E-state index in [1.807, 2.05) is 17.5 Å². The Labute approximate surface area is 103 Å². The van der Waals surface area contributed by atoms with Crippen molar-refractivity contribution in [3.05, 3.63) is 16.1 Å². The summed E-state index contributed by atoms with van der Waals surface area (Å²) in [5.74, 6) is 0. The summed E-state index contributed by atoms with van der Waals surface area (Å²) in [6, 6.07) is 0.646. The molecule has 3 heteroatoms. The van der Waals surface area contributed by atoms with Crippen LogP contribution in [-0.4, -0.2) is 17.6 Å². The van der Waals surface area contributed by atoms with Crippen LogP contribution in [-0.2, 0) is 6.42 Å². The van der Waals surface area contributed by atoms with Gasteiger partial charge in [0.25, 0.3) is 0 Å². The number of thiazole rings is 1. The molecule has 1 rings (SSSR count). The third-order valence-electron chi connectivity index (χ3n) is 2.74. The SMILES string of the molecule is CCCCCC(C)NCCc1ncc(C)s1. The molecule has 1 unspecified atom stereocenters. The highest BCUT2D eigenvalue weighted by atomic mass is 32.1. The van der Waals surface area contributed by atoms with E-state index < -0.39 is 0 Å². The van der Waals surface area contributed by atoms with Crippen LogP contribution in [0.3, 0.4) is 0 Å². The van der Waals surface area contributed by atoms with Gasteiger partial charge in [0.15, 0.2) is 0 Å². The van der Waals surface area contributed by atoms with Gasteiger partial charge in [0.2, 0.25) is 0 Å². The van der Waals surface area contributed by atoms with Gasteiger partial charge in [0.1, 0.15) is 0 Å². The topological polar surface area (TPSA) is 24.9 Å². The molecule has 0 aliphatic heterocycles. The van der Waals surface area contributed by atoms with Crippen molar-refractivity contribution in [2.24, 2.45) is 0 Å². The third-order valence-corrected chi connectivity index (χ3v) is 3.71. The van der Waals surface area contributed by atoms with E-state index in [1.54, 1.807) is 0 Å². The predicted molar refractivity (Wildman–Crippen MR) is 72.2 cm³/mol. The summed E-state index contributed by atoms with van der Waals surface area (Å²) in [6.45, 7) is 7.70. The van der Waals surface area contributed by atoms with E-state index in [0.717, 1.165) is 13.0 Å². The Morgan fingerprint density at radius 2 is 2.25 bits per heavy atom. The molecule has 1 aromatic heterocycles. The first-order valence-electron chi connectivity index (χ1n) is 6.37. The number of aromatic nitrogens is 1.